The van der Waals surface area contributed by atoms with Gasteiger partial charge < -0.3 is 14.6 Å². The van der Waals surface area contributed by atoms with Gasteiger partial charge in [-0.15, -0.1) is 0 Å². The van der Waals surface area contributed by atoms with E-state index in [9.17, 15) is 18.0 Å². The number of benzene rings is 1. The summed E-state index contributed by atoms with van der Waals surface area (Å²) in [6.07, 6.45) is -7.98. The maximum Gasteiger partial charge on any atom is 0.511 e. The molecule has 0 aliphatic carbocycles. The van der Waals surface area contributed by atoms with Gasteiger partial charge >= 0.3 is 12.3 Å². The lowest BCUT2D eigenvalue weighted by atomic mass is 9.99. The molecule has 1 N–H and O–H groups in total. The van der Waals surface area contributed by atoms with Gasteiger partial charge in [0.15, 0.2) is 5.76 Å². The fraction of sp³-hybridized carbons (Fsp3) is 0.357. The van der Waals surface area contributed by atoms with Gasteiger partial charge in [-0.3, -0.25) is 0 Å². The van der Waals surface area contributed by atoms with Crippen molar-refractivity contribution in [3.05, 3.63) is 35.1 Å². The average molecular weight is 302 g/mol. The van der Waals surface area contributed by atoms with Gasteiger partial charge in [-0.2, -0.15) is 13.2 Å². The molecule has 4 nitrogen and oxygen atoms in total. The van der Waals surface area contributed by atoms with Gasteiger partial charge in [0.2, 0.25) is 0 Å². The van der Waals surface area contributed by atoms with Crippen LogP contribution in [0.5, 0.6) is 5.75 Å². The summed E-state index contributed by atoms with van der Waals surface area (Å²) in [5.74, 6) is -0.607. The predicted octanol–water partition coefficient (Wildman–Crippen LogP) is 4.17. The van der Waals surface area contributed by atoms with Crippen LogP contribution in [0.3, 0.4) is 0 Å². The highest BCUT2D eigenvalue weighted by Gasteiger charge is 2.48. The highest BCUT2D eigenvalue weighted by atomic mass is 19.4. The van der Waals surface area contributed by atoms with Gasteiger partial charge in [0.25, 0.3) is 6.10 Å². The first kappa shape index (κ1) is 15.2. The second-order valence-corrected chi connectivity index (χ2v) is 4.91. The smallest absolute Gasteiger partial charge is 0.472 e. The van der Waals surface area contributed by atoms with E-state index in [0.717, 1.165) is 11.6 Å². The van der Waals surface area contributed by atoms with E-state index in [1.165, 1.54) is 6.07 Å². The van der Waals surface area contributed by atoms with Crippen LogP contribution >= 0.6 is 0 Å². The molecule has 114 valence electrons. The summed E-state index contributed by atoms with van der Waals surface area (Å²) >= 11 is 0. The van der Waals surface area contributed by atoms with E-state index in [-0.39, 0.29) is 11.7 Å². The molecule has 0 aromatic heterocycles. The van der Waals surface area contributed by atoms with Crippen molar-refractivity contribution in [1.82, 2.24) is 0 Å². The number of hydrogen-bond donors (Lipinski definition) is 1. The standard InChI is InChI=1S/C14H13F3O4/c1-7(2)8-3-4-9-6-11(21-13(18)19)12(14(15,16)17)20-10(9)5-8/h3-7,12H,1-2H3,(H,18,19). The Morgan fingerprint density at radius 2 is 2.05 bits per heavy atom. The number of halogens is 3. The van der Waals surface area contributed by atoms with Gasteiger partial charge in [-0.05, 0) is 23.6 Å². The van der Waals surface area contributed by atoms with Crippen molar-refractivity contribution >= 4 is 12.2 Å². The lowest BCUT2D eigenvalue weighted by Crippen LogP contribution is -2.39. The summed E-state index contributed by atoms with van der Waals surface area (Å²) in [7, 11) is 0. The molecule has 1 aliphatic heterocycles. The normalized spacial score (nSPS) is 17.8. The molecule has 0 spiro atoms. The second-order valence-electron chi connectivity index (χ2n) is 4.91. The molecular weight excluding hydrogens is 289 g/mol. The molecule has 7 heteroatoms. The first-order valence-corrected chi connectivity index (χ1v) is 6.18. The third-order valence-electron chi connectivity index (χ3n) is 3.01. The third kappa shape index (κ3) is 3.29. The predicted molar refractivity (Wildman–Crippen MR) is 68.1 cm³/mol. The Labute approximate surface area is 118 Å². The number of fused-ring (bicyclic) bond motifs is 1. The van der Waals surface area contributed by atoms with Crippen LogP contribution in [0.4, 0.5) is 18.0 Å². The summed E-state index contributed by atoms with van der Waals surface area (Å²) in [6.45, 7) is 3.81. The SMILES string of the molecule is CC(C)c1ccc2c(c1)OC(C(F)(F)F)C(OC(=O)O)=C2. The molecule has 0 fully saturated rings. The van der Waals surface area contributed by atoms with E-state index in [1.807, 2.05) is 13.8 Å². The summed E-state index contributed by atoms with van der Waals surface area (Å²) in [6, 6.07) is 4.84. The zero-order valence-corrected chi connectivity index (χ0v) is 11.3. The number of rotatable bonds is 2. The van der Waals surface area contributed by atoms with Gasteiger partial charge in [0.1, 0.15) is 5.75 Å². The van der Waals surface area contributed by atoms with E-state index in [0.29, 0.717) is 5.56 Å². The number of carboxylic acid groups (broad SMARTS) is 1. The van der Waals surface area contributed by atoms with Gasteiger partial charge in [0, 0.05) is 5.56 Å². The van der Waals surface area contributed by atoms with E-state index >= 15 is 0 Å². The fourth-order valence-corrected chi connectivity index (χ4v) is 1.96. The molecule has 1 heterocycles. The quantitative estimate of drug-likeness (QED) is 0.833. The maximum atomic E-state index is 13.0. The van der Waals surface area contributed by atoms with Crippen LogP contribution in [-0.2, 0) is 4.74 Å². The molecule has 0 radical (unpaired) electrons. The van der Waals surface area contributed by atoms with Crippen LogP contribution in [0.25, 0.3) is 6.08 Å². The van der Waals surface area contributed by atoms with E-state index in [2.05, 4.69) is 4.74 Å². The minimum atomic E-state index is -4.77. The lowest BCUT2D eigenvalue weighted by molar-refractivity contribution is -0.191. The highest BCUT2D eigenvalue weighted by molar-refractivity contribution is 5.67. The molecule has 1 aromatic carbocycles. The molecule has 0 saturated carbocycles. The van der Waals surface area contributed by atoms with Crippen LogP contribution in [0, 0.1) is 0 Å². The molecule has 1 atom stereocenters. The van der Waals surface area contributed by atoms with Crippen LogP contribution < -0.4 is 4.74 Å². The Kier molecular flexibility index (Phi) is 3.85. The second kappa shape index (κ2) is 5.31. The van der Waals surface area contributed by atoms with Gasteiger partial charge in [-0.1, -0.05) is 26.0 Å². The Hall–Kier alpha value is -2.18. The topological polar surface area (TPSA) is 55.8 Å². The fourth-order valence-electron chi connectivity index (χ4n) is 1.96. The van der Waals surface area contributed by atoms with Gasteiger partial charge in [-0.25, -0.2) is 4.79 Å². The van der Waals surface area contributed by atoms with Crippen molar-refractivity contribution in [1.29, 1.82) is 0 Å². The van der Waals surface area contributed by atoms with Crippen molar-refractivity contribution in [2.75, 3.05) is 0 Å². The molecule has 1 aromatic rings. The van der Waals surface area contributed by atoms with E-state index in [4.69, 9.17) is 9.84 Å². The van der Waals surface area contributed by atoms with Crippen LogP contribution in [-0.4, -0.2) is 23.5 Å². The maximum absolute atomic E-state index is 13.0. The van der Waals surface area contributed by atoms with Crippen molar-refractivity contribution < 1.29 is 32.5 Å². The van der Waals surface area contributed by atoms with Crippen molar-refractivity contribution in [2.24, 2.45) is 0 Å². The van der Waals surface area contributed by atoms with Gasteiger partial charge in [0.05, 0.1) is 0 Å². The first-order valence-electron chi connectivity index (χ1n) is 6.18. The van der Waals surface area contributed by atoms with E-state index in [1.54, 1.807) is 12.1 Å². The molecule has 2 rings (SSSR count). The van der Waals surface area contributed by atoms with Crippen molar-refractivity contribution in [3.8, 4) is 5.75 Å². The summed E-state index contributed by atoms with van der Waals surface area (Å²) < 4.78 is 48.0. The molecule has 1 unspecified atom stereocenters. The molecule has 0 amide bonds. The molecular formula is C14H13F3O4. The number of alkyl halides is 3. The molecule has 1 aliphatic rings. The van der Waals surface area contributed by atoms with E-state index < -0.39 is 24.2 Å². The Morgan fingerprint density at radius 1 is 1.38 bits per heavy atom. The number of ether oxygens (including phenoxy) is 2. The Morgan fingerprint density at radius 3 is 2.57 bits per heavy atom. The Balaban J connectivity index is 2.45. The summed E-state index contributed by atoms with van der Waals surface area (Å²) in [4.78, 5) is 10.5. The molecule has 0 bridgehead atoms. The first-order chi connectivity index (χ1) is 9.68. The third-order valence-corrected chi connectivity index (χ3v) is 3.01. The lowest BCUT2D eigenvalue weighted by Gasteiger charge is -2.27. The highest BCUT2D eigenvalue weighted by Crippen LogP contribution is 2.38. The number of carbonyl (C=O) groups is 1. The van der Waals surface area contributed by atoms with Crippen LogP contribution in [0.2, 0.25) is 0 Å². The minimum Gasteiger partial charge on any atom is -0.472 e. The van der Waals surface area contributed by atoms with Crippen LogP contribution in [0.15, 0.2) is 24.0 Å². The zero-order valence-electron chi connectivity index (χ0n) is 11.3. The van der Waals surface area contributed by atoms with Crippen molar-refractivity contribution in [3.63, 3.8) is 0 Å². The molecule has 0 saturated heterocycles. The molecule has 21 heavy (non-hydrogen) atoms. The van der Waals surface area contributed by atoms with Crippen LogP contribution in [0.1, 0.15) is 30.9 Å². The summed E-state index contributed by atoms with van der Waals surface area (Å²) in [5, 5.41) is 8.53. The zero-order chi connectivity index (χ0) is 15.8. The number of hydrogen-bond acceptors (Lipinski definition) is 3. The summed E-state index contributed by atoms with van der Waals surface area (Å²) in [5.41, 5.74) is 1.17. The Bertz CT molecular complexity index is 590. The average Bonchev–Trinajstić information content (AvgIpc) is 2.35. The monoisotopic (exact) mass is 302 g/mol. The van der Waals surface area contributed by atoms with Crippen molar-refractivity contribution in [2.45, 2.75) is 32.0 Å². The largest absolute Gasteiger partial charge is 0.511 e. The minimum absolute atomic E-state index is 0.0567.